The molecule has 9 heteroatoms. The minimum atomic E-state index is -1.02. The predicted molar refractivity (Wildman–Crippen MR) is 149 cm³/mol. The second-order valence-corrected chi connectivity index (χ2v) is 10.4. The molecule has 208 valence electrons. The van der Waals surface area contributed by atoms with Crippen LogP contribution in [0, 0.1) is 5.92 Å². The van der Waals surface area contributed by atoms with Crippen molar-refractivity contribution in [2.75, 3.05) is 33.9 Å². The molecule has 1 N–H and O–H groups in total. The van der Waals surface area contributed by atoms with Gasteiger partial charge in [-0.2, -0.15) is 0 Å². The highest BCUT2D eigenvalue weighted by Gasteiger charge is 2.33. The van der Waals surface area contributed by atoms with Gasteiger partial charge in [-0.15, -0.1) is 0 Å². The Bertz CT molecular complexity index is 1030. The molecule has 0 spiro atoms. The number of carboxylic acid groups (broad SMARTS) is 1. The molecular formula is C29H37Cl2NO6. The van der Waals surface area contributed by atoms with Gasteiger partial charge in [0.25, 0.3) is 0 Å². The van der Waals surface area contributed by atoms with Crippen molar-refractivity contribution in [2.45, 2.75) is 57.5 Å². The first kappa shape index (κ1) is 30.1. The van der Waals surface area contributed by atoms with E-state index in [9.17, 15) is 14.7 Å². The third-order valence-electron chi connectivity index (χ3n) is 7.20. The monoisotopic (exact) mass is 565 g/mol. The average Bonchev–Trinajstić information content (AvgIpc) is 2.92. The summed E-state index contributed by atoms with van der Waals surface area (Å²) in [7, 11) is 3.20. The lowest BCUT2D eigenvalue weighted by molar-refractivity contribution is -0.155. The van der Waals surface area contributed by atoms with Crippen molar-refractivity contribution in [3.05, 3.63) is 57.6 Å². The number of carbonyl (C=O) groups excluding carboxylic acids is 1. The van der Waals surface area contributed by atoms with Crippen LogP contribution in [0.25, 0.3) is 0 Å². The Morgan fingerprint density at radius 1 is 0.974 bits per heavy atom. The maximum absolute atomic E-state index is 12.9. The first-order chi connectivity index (χ1) is 18.3. The number of rotatable bonds is 13. The molecule has 38 heavy (non-hydrogen) atoms. The zero-order chi connectivity index (χ0) is 27.7. The molecule has 7 nitrogen and oxygen atoms in total. The Labute approximate surface area is 235 Å². The van der Waals surface area contributed by atoms with Crippen LogP contribution in [0.5, 0.6) is 11.5 Å². The summed E-state index contributed by atoms with van der Waals surface area (Å²) < 4.78 is 16.2. The van der Waals surface area contributed by atoms with E-state index in [1.165, 1.54) is 0 Å². The lowest BCUT2D eigenvalue weighted by Gasteiger charge is -2.37. The van der Waals surface area contributed by atoms with E-state index in [1.54, 1.807) is 31.3 Å². The number of ether oxygens (including phenoxy) is 3. The lowest BCUT2D eigenvalue weighted by Crippen LogP contribution is -2.42. The summed E-state index contributed by atoms with van der Waals surface area (Å²) in [5.41, 5.74) is 1.90. The standard InChI is InChI=1S/C29H37Cl2NO6/c1-4-5-6-7-26(29(34)35)38-18-27(33)32-14-12-19(13-15-32)28(22-10-8-20(36-2)16-24(22)30)23-11-9-21(37-3)17-25(23)31/h8-11,16-17,19,26,28H,4-7,12-15,18H2,1-3H3,(H,34,35). The Morgan fingerprint density at radius 3 is 1.97 bits per heavy atom. The molecule has 1 heterocycles. The van der Waals surface area contributed by atoms with E-state index >= 15 is 0 Å². The minimum Gasteiger partial charge on any atom is -0.497 e. The number of nitrogens with zero attached hydrogens (tertiary/aromatic N) is 1. The molecule has 0 bridgehead atoms. The number of amides is 1. The number of piperidine rings is 1. The van der Waals surface area contributed by atoms with Gasteiger partial charge in [-0.1, -0.05) is 61.5 Å². The first-order valence-electron chi connectivity index (χ1n) is 13.1. The average molecular weight is 567 g/mol. The maximum Gasteiger partial charge on any atom is 0.332 e. The topological polar surface area (TPSA) is 85.3 Å². The van der Waals surface area contributed by atoms with Gasteiger partial charge < -0.3 is 24.2 Å². The van der Waals surface area contributed by atoms with Gasteiger partial charge >= 0.3 is 5.97 Å². The van der Waals surface area contributed by atoms with Gasteiger partial charge in [0.2, 0.25) is 5.91 Å². The normalized spacial score (nSPS) is 14.9. The summed E-state index contributed by atoms with van der Waals surface area (Å²) in [6.07, 6.45) is 3.61. The molecule has 2 aromatic carbocycles. The Hall–Kier alpha value is -2.48. The summed E-state index contributed by atoms with van der Waals surface area (Å²) in [6.45, 7) is 2.91. The van der Waals surface area contributed by atoms with E-state index in [-0.39, 0.29) is 24.3 Å². The largest absolute Gasteiger partial charge is 0.497 e. The molecule has 0 aromatic heterocycles. The predicted octanol–water partition coefficient (Wildman–Crippen LogP) is 6.43. The molecule has 1 aliphatic heterocycles. The Kier molecular flexibility index (Phi) is 11.6. The van der Waals surface area contributed by atoms with Gasteiger partial charge in [0.1, 0.15) is 18.1 Å². The fourth-order valence-electron chi connectivity index (χ4n) is 5.05. The summed E-state index contributed by atoms with van der Waals surface area (Å²) in [4.78, 5) is 26.1. The van der Waals surface area contributed by atoms with Crippen LogP contribution in [0.15, 0.2) is 36.4 Å². The maximum atomic E-state index is 12.9. The Morgan fingerprint density at radius 2 is 1.53 bits per heavy atom. The van der Waals surface area contributed by atoms with Gasteiger partial charge in [-0.3, -0.25) is 4.79 Å². The number of hydrogen-bond acceptors (Lipinski definition) is 5. The molecule has 0 saturated carbocycles. The van der Waals surface area contributed by atoms with Gasteiger partial charge in [0, 0.05) is 29.1 Å². The van der Waals surface area contributed by atoms with E-state index in [4.69, 9.17) is 37.4 Å². The van der Waals surface area contributed by atoms with Crippen molar-refractivity contribution >= 4 is 35.1 Å². The number of hydrogen-bond donors (Lipinski definition) is 1. The number of benzene rings is 2. The third kappa shape index (κ3) is 7.78. The molecular weight excluding hydrogens is 529 g/mol. The van der Waals surface area contributed by atoms with Crippen molar-refractivity contribution in [1.82, 2.24) is 4.90 Å². The fraction of sp³-hybridized carbons (Fsp3) is 0.517. The van der Waals surface area contributed by atoms with Crippen molar-refractivity contribution < 1.29 is 28.9 Å². The van der Waals surface area contributed by atoms with E-state index < -0.39 is 12.1 Å². The number of likely N-dealkylation sites (tertiary alicyclic amines) is 1. The molecule has 0 radical (unpaired) electrons. The second-order valence-electron chi connectivity index (χ2n) is 9.60. The highest BCUT2D eigenvalue weighted by molar-refractivity contribution is 6.32. The van der Waals surface area contributed by atoms with E-state index in [1.807, 2.05) is 24.3 Å². The van der Waals surface area contributed by atoms with Gasteiger partial charge in [-0.05, 0) is 60.6 Å². The number of carbonyl (C=O) groups is 2. The van der Waals surface area contributed by atoms with E-state index in [0.717, 1.165) is 43.2 Å². The minimum absolute atomic E-state index is 0.0877. The van der Waals surface area contributed by atoms with Crippen molar-refractivity contribution in [2.24, 2.45) is 5.92 Å². The van der Waals surface area contributed by atoms with Crippen LogP contribution in [0.1, 0.15) is 62.5 Å². The van der Waals surface area contributed by atoms with E-state index in [0.29, 0.717) is 41.1 Å². The highest BCUT2D eigenvalue weighted by atomic mass is 35.5. The highest BCUT2D eigenvalue weighted by Crippen LogP contribution is 2.44. The first-order valence-corrected chi connectivity index (χ1v) is 13.8. The number of methoxy groups -OCH3 is 2. The molecule has 1 atom stereocenters. The van der Waals surface area contributed by atoms with Crippen molar-refractivity contribution in [1.29, 1.82) is 0 Å². The quantitative estimate of drug-likeness (QED) is 0.281. The van der Waals surface area contributed by atoms with Crippen LogP contribution >= 0.6 is 23.2 Å². The number of unbranched alkanes of at least 4 members (excludes halogenated alkanes) is 2. The van der Waals surface area contributed by atoms with E-state index in [2.05, 4.69) is 6.92 Å². The van der Waals surface area contributed by atoms with Crippen LogP contribution in [0.4, 0.5) is 0 Å². The zero-order valence-electron chi connectivity index (χ0n) is 22.3. The summed E-state index contributed by atoms with van der Waals surface area (Å²) >= 11 is 13.5. The van der Waals surface area contributed by atoms with Gasteiger partial charge in [-0.25, -0.2) is 4.79 Å². The smallest absolute Gasteiger partial charge is 0.332 e. The lowest BCUT2D eigenvalue weighted by atomic mass is 9.76. The fourth-order valence-corrected chi connectivity index (χ4v) is 5.63. The Balaban J connectivity index is 1.73. The van der Waals surface area contributed by atoms with Gasteiger partial charge in [0.05, 0.1) is 14.2 Å². The number of aliphatic carboxylic acids is 1. The molecule has 1 aliphatic rings. The molecule has 2 aromatic rings. The number of halogens is 2. The molecule has 1 saturated heterocycles. The van der Waals surface area contributed by atoms with Crippen molar-refractivity contribution in [3.8, 4) is 11.5 Å². The van der Waals surface area contributed by atoms with Crippen LogP contribution in [-0.4, -0.2) is 61.9 Å². The number of carboxylic acids is 1. The molecule has 3 rings (SSSR count). The molecule has 1 amide bonds. The van der Waals surface area contributed by atoms with Crippen LogP contribution < -0.4 is 9.47 Å². The second kappa shape index (κ2) is 14.6. The SMILES string of the molecule is CCCCCC(OCC(=O)N1CCC(C(c2ccc(OC)cc2Cl)c2ccc(OC)cc2Cl)CC1)C(=O)O. The third-order valence-corrected chi connectivity index (χ3v) is 7.86. The summed E-state index contributed by atoms with van der Waals surface area (Å²) in [5.74, 6) is 0.226. The van der Waals surface area contributed by atoms with Crippen LogP contribution in [-0.2, 0) is 14.3 Å². The molecule has 0 aliphatic carbocycles. The van der Waals surface area contributed by atoms with Crippen LogP contribution in [0.3, 0.4) is 0 Å². The summed E-state index contributed by atoms with van der Waals surface area (Å²) in [6, 6.07) is 11.3. The molecule has 1 fully saturated rings. The molecule has 1 unspecified atom stereocenters. The van der Waals surface area contributed by atoms with Crippen LogP contribution in [0.2, 0.25) is 10.0 Å². The zero-order valence-corrected chi connectivity index (χ0v) is 23.8. The van der Waals surface area contributed by atoms with Crippen molar-refractivity contribution in [3.63, 3.8) is 0 Å². The van der Waals surface area contributed by atoms with Gasteiger partial charge in [0.15, 0.2) is 6.10 Å². The summed E-state index contributed by atoms with van der Waals surface area (Å²) in [5, 5.41) is 10.6.